The van der Waals surface area contributed by atoms with Crippen molar-refractivity contribution in [1.29, 1.82) is 0 Å². The number of fused-ring (bicyclic) bond motifs is 1. The summed E-state index contributed by atoms with van der Waals surface area (Å²) in [5, 5.41) is 0.484. The van der Waals surface area contributed by atoms with Crippen LogP contribution in [-0.4, -0.2) is 56.3 Å². The SMILES string of the molecule is O=C(c1cc(Cc2c[nH]c(=O)c3cc(Cl)c(Cl)n23)ccc1F)N1CCCN(Cc2ncco2)CC1. The molecular weight excluding hydrogens is 496 g/mol. The lowest BCUT2D eigenvalue weighted by molar-refractivity contribution is 0.0756. The minimum absolute atomic E-state index is 0.0148. The summed E-state index contributed by atoms with van der Waals surface area (Å²) in [5.74, 6) is -0.298. The number of oxazole rings is 1. The van der Waals surface area contributed by atoms with Crippen LogP contribution >= 0.6 is 23.2 Å². The zero-order valence-corrected chi connectivity index (χ0v) is 20.2. The highest BCUT2D eigenvalue weighted by molar-refractivity contribution is 6.42. The van der Waals surface area contributed by atoms with Crippen LogP contribution in [0.25, 0.3) is 5.52 Å². The van der Waals surface area contributed by atoms with Crippen molar-refractivity contribution in [3.8, 4) is 0 Å². The number of H-pyrrole nitrogens is 1. The first kappa shape index (κ1) is 23.6. The zero-order valence-electron chi connectivity index (χ0n) is 18.6. The Morgan fingerprint density at radius 3 is 2.83 bits per heavy atom. The van der Waals surface area contributed by atoms with Crippen molar-refractivity contribution in [3.63, 3.8) is 0 Å². The fourth-order valence-corrected chi connectivity index (χ4v) is 4.84. The lowest BCUT2D eigenvalue weighted by Crippen LogP contribution is -2.35. The third-order valence-electron chi connectivity index (χ3n) is 6.15. The van der Waals surface area contributed by atoms with Crippen molar-refractivity contribution in [3.05, 3.63) is 92.0 Å². The van der Waals surface area contributed by atoms with Gasteiger partial charge in [-0.2, -0.15) is 0 Å². The Bertz CT molecular complexity index is 1430. The molecule has 1 amide bonds. The van der Waals surface area contributed by atoms with Gasteiger partial charge < -0.3 is 14.3 Å². The van der Waals surface area contributed by atoms with Crippen LogP contribution in [-0.2, 0) is 13.0 Å². The average molecular weight is 518 g/mol. The Kier molecular flexibility index (Phi) is 6.64. The van der Waals surface area contributed by atoms with Crippen molar-refractivity contribution in [1.82, 2.24) is 24.2 Å². The molecule has 4 heterocycles. The highest BCUT2D eigenvalue weighted by Gasteiger charge is 2.24. The normalized spacial score (nSPS) is 15.0. The largest absolute Gasteiger partial charge is 0.448 e. The number of hydrogen-bond acceptors (Lipinski definition) is 5. The van der Waals surface area contributed by atoms with Gasteiger partial charge in [-0.3, -0.25) is 18.9 Å². The van der Waals surface area contributed by atoms with Gasteiger partial charge in [0.15, 0.2) is 0 Å². The van der Waals surface area contributed by atoms with E-state index in [9.17, 15) is 14.0 Å². The first-order valence-electron chi connectivity index (χ1n) is 11.2. The van der Waals surface area contributed by atoms with Crippen LogP contribution in [0, 0.1) is 5.82 Å². The number of aromatic nitrogens is 3. The van der Waals surface area contributed by atoms with Gasteiger partial charge in [0, 0.05) is 44.5 Å². The maximum absolute atomic E-state index is 14.7. The molecule has 1 N–H and O–H groups in total. The standard InChI is InChI=1S/C24H22Cl2FN5O3/c25-18-12-20-23(33)29-13-16(32(20)22(18)26)10-15-2-3-19(27)17(11-15)24(34)31-6-1-5-30(7-8-31)14-21-28-4-9-35-21/h2-4,9,11-13H,1,5-8,10,14H2,(H,29,33). The molecule has 182 valence electrons. The van der Waals surface area contributed by atoms with Gasteiger partial charge in [-0.15, -0.1) is 0 Å². The number of nitrogens with one attached hydrogen (secondary N) is 1. The number of aromatic amines is 1. The highest BCUT2D eigenvalue weighted by Crippen LogP contribution is 2.27. The summed E-state index contributed by atoms with van der Waals surface area (Å²) in [6, 6.07) is 5.96. The van der Waals surface area contributed by atoms with Crippen LogP contribution < -0.4 is 5.56 Å². The third-order valence-corrected chi connectivity index (χ3v) is 6.91. The van der Waals surface area contributed by atoms with Crippen LogP contribution in [0.2, 0.25) is 10.2 Å². The predicted octanol–water partition coefficient (Wildman–Crippen LogP) is 4.00. The van der Waals surface area contributed by atoms with Crippen LogP contribution in [0.1, 0.15) is 33.9 Å². The number of hydrogen-bond donors (Lipinski definition) is 1. The van der Waals surface area contributed by atoms with E-state index < -0.39 is 5.82 Å². The van der Waals surface area contributed by atoms with E-state index in [1.54, 1.807) is 33.8 Å². The Hall–Kier alpha value is -3.14. The molecule has 11 heteroatoms. The molecule has 8 nitrogen and oxygen atoms in total. The van der Waals surface area contributed by atoms with E-state index in [1.165, 1.54) is 18.4 Å². The fourth-order valence-electron chi connectivity index (χ4n) is 4.40. The lowest BCUT2D eigenvalue weighted by atomic mass is 10.0. The molecule has 5 rings (SSSR count). The maximum atomic E-state index is 14.7. The number of halogens is 3. The van der Waals surface area contributed by atoms with Crippen LogP contribution in [0.3, 0.4) is 0 Å². The molecule has 35 heavy (non-hydrogen) atoms. The Morgan fingerprint density at radius 2 is 2.03 bits per heavy atom. The molecule has 0 radical (unpaired) electrons. The summed E-state index contributed by atoms with van der Waals surface area (Å²) >= 11 is 12.4. The monoisotopic (exact) mass is 517 g/mol. The number of rotatable bonds is 5. The summed E-state index contributed by atoms with van der Waals surface area (Å²) in [4.78, 5) is 36.1. The molecule has 1 aliphatic rings. The van der Waals surface area contributed by atoms with Gasteiger partial charge in [-0.25, -0.2) is 9.37 Å². The highest BCUT2D eigenvalue weighted by atomic mass is 35.5. The second-order valence-corrected chi connectivity index (χ2v) is 9.22. The van der Waals surface area contributed by atoms with Gasteiger partial charge in [0.1, 0.15) is 22.8 Å². The summed E-state index contributed by atoms with van der Waals surface area (Å²) in [6.07, 6.45) is 5.75. The third kappa shape index (κ3) is 4.84. The molecule has 0 unspecified atom stereocenters. The molecule has 3 aromatic heterocycles. The molecule has 0 bridgehead atoms. The second-order valence-electron chi connectivity index (χ2n) is 8.45. The summed E-state index contributed by atoms with van der Waals surface area (Å²) in [6.45, 7) is 3.00. The maximum Gasteiger partial charge on any atom is 0.272 e. The van der Waals surface area contributed by atoms with E-state index in [1.807, 2.05) is 0 Å². The molecule has 0 saturated carbocycles. The molecule has 0 aliphatic carbocycles. The number of carbonyl (C=O) groups is 1. The first-order valence-corrected chi connectivity index (χ1v) is 11.9. The van der Waals surface area contributed by atoms with Crippen LogP contribution in [0.4, 0.5) is 4.39 Å². The van der Waals surface area contributed by atoms with Crippen molar-refractivity contribution in [2.45, 2.75) is 19.4 Å². The van der Waals surface area contributed by atoms with E-state index in [0.717, 1.165) is 13.0 Å². The quantitative estimate of drug-likeness (QED) is 0.432. The van der Waals surface area contributed by atoms with Gasteiger partial charge in [0.05, 0.1) is 23.3 Å². The topological polar surface area (TPSA) is 86.9 Å². The van der Waals surface area contributed by atoms with Crippen LogP contribution in [0.5, 0.6) is 0 Å². The Labute approximate surface area is 209 Å². The minimum atomic E-state index is -0.576. The van der Waals surface area contributed by atoms with E-state index in [0.29, 0.717) is 55.3 Å². The van der Waals surface area contributed by atoms with E-state index in [4.69, 9.17) is 27.6 Å². The van der Waals surface area contributed by atoms with E-state index in [-0.39, 0.29) is 27.2 Å². The first-order chi connectivity index (χ1) is 16.9. The molecule has 1 fully saturated rings. The van der Waals surface area contributed by atoms with E-state index >= 15 is 0 Å². The lowest BCUT2D eigenvalue weighted by Gasteiger charge is -2.22. The molecule has 4 aromatic rings. The molecule has 1 aliphatic heterocycles. The molecule has 1 aromatic carbocycles. The number of amides is 1. The second kappa shape index (κ2) is 9.85. The van der Waals surface area contributed by atoms with Gasteiger partial charge in [0.25, 0.3) is 11.5 Å². The number of benzene rings is 1. The zero-order chi connectivity index (χ0) is 24.5. The van der Waals surface area contributed by atoms with E-state index in [2.05, 4.69) is 14.9 Å². The molecule has 0 atom stereocenters. The summed E-state index contributed by atoms with van der Waals surface area (Å²) in [7, 11) is 0. The van der Waals surface area contributed by atoms with Gasteiger partial charge in [0.2, 0.25) is 5.89 Å². The Balaban J connectivity index is 1.35. The summed E-state index contributed by atoms with van der Waals surface area (Å²) in [5.41, 5.74) is 1.36. The summed E-state index contributed by atoms with van der Waals surface area (Å²) < 4.78 is 21.6. The predicted molar refractivity (Wildman–Crippen MR) is 130 cm³/mol. The molecule has 1 saturated heterocycles. The van der Waals surface area contributed by atoms with Crippen LogP contribution in [0.15, 0.2) is 52.1 Å². The molecular formula is C24H22Cl2FN5O3. The number of nitrogens with zero attached hydrogens (tertiary/aromatic N) is 4. The van der Waals surface area contributed by atoms with Crippen molar-refractivity contribution in [2.24, 2.45) is 0 Å². The van der Waals surface area contributed by atoms with Crippen molar-refractivity contribution in [2.75, 3.05) is 26.2 Å². The average Bonchev–Trinajstić information content (AvgIpc) is 3.39. The van der Waals surface area contributed by atoms with Gasteiger partial charge >= 0.3 is 0 Å². The number of carbonyl (C=O) groups excluding carboxylic acids is 1. The minimum Gasteiger partial charge on any atom is -0.448 e. The van der Waals surface area contributed by atoms with Crippen molar-refractivity contribution < 1.29 is 13.6 Å². The molecule has 0 spiro atoms. The smallest absolute Gasteiger partial charge is 0.272 e. The van der Waals surface area contributed by atoms with Crippen molar-refractivity contribution >= 4 is 34.6 Å². The van der Waals surface area contributed by atoms with Gasteiger partial charge in [-0.05, 0) is 30.2 Å². The fraction of sp³-hybridized carbons (Fsp3) is 0.292. The van der Waals surface area contributed by atoms with Gasteiger partial charge in [-0.1, -0.05) is 29.3 Å². The Morgan fingerprint density at radius 1 is 1.17 bits per heavy atom.